The summed E-state index contributed by atoms with van der Waals surface area (Å²) in [6, 6.07) is 0. The van der Waals surface area contributed by atoms with Gasteiger partial charge in [-0.1, -0.05) is 46.5 Å². The largest absolute Gasteiger partial charge is 0.303 e. The first-order valence-electron chi connectivity index (χ1n) is 6.59. The van der Waals surface area contributed by atoms with E-state index in [1.807, 2.05) is 6.92 Å². The molecule has 0 bridgehead atoms. The molecular weight excluding hydrogens is 200 g/mol. The van der Waals surface area contributed by atoms with E-state index in [1.165, 1.54) is 19.3 Å². The Labute approximate surface area is 99.8 Å². The fourth-order valence-electron chi connectivity index (χ4n) is 1.98. The molecule has 2 atom stereocenters. The Balaban J connectivity index is 3.85. The van der Waals surface area contributed by atoms with E-state index in [-0.39, 0.29) is 5.92 Å². The van der Waals surface area contributed by atoms with Crippen LogP contribution in [0.15, 0.2) is 0 Å². The second-order valence-corrected chi connectivity index (χ2v) is 4.87. The number of carbonyl (C=O) groups is 2. The molecule has 0 aromatic heterocycles. The summed E-state index contributed by atoms with van der Waals surface area (Å²) in [5.41, 5.74) is 0. The molecule has 0 N–H and O–H groups in total. The third kappa shape index (κ3) is 7.61. The third-order valence-electron chi connectivity index (χ3n) is 3.13. The van der Waals surface area contributed by atoms with Crippen LogP contribution in [-0.4, -0.2) is 12.1 Å². The van der Waals surface area contributed by atoms with Crippen LogP contribution in [0.5, 0.6) is 0 Å². The minimum atomic E-state index is 0.216. The van der Waals surface area contributed by atoms with Crippen molar-refractivity contribution >= 4 is 12.1 Å². The van der Waals surface area contributed by atoms with Gasteiger partial charge in [0, 0.05) is 19.3 Å². The van der Waals surface area contributed by atoms with Gasteiger partial charge >= 0.3 is 0 Å². The van der Waals surface area contributed by atoms with E-state index in [0.29, 0.717) is 31.0 Å². The number of Topliss-reactive ketones (excluding diaryl/α,β-unsaturated/α-hetero) is 1. The quantitative estimate of drug-likeness (QED) is 0.531. The van der Waals surface area contributed by atoms with E-state index >= 15 is 0 Å². The molecule has 0 fully saturated rings. The van der Waals surface area contributed by atoms with Gasteiger partial charge in [-0.15, -0.1) is 0 Å². The molecule has 94 valence electrons. The molecule has 2 unspecified atom stereocenters. The topological polar surface area (TPSA) is 34.1 Å². The first-order valence-corrected chi connectivity index (χ1v) is 6.59. The van der Waals surface area contributed by atoms with Crippen molar-refractivity contribution in [2.45, 2.75) is 65.7 Å². The maximum Gasteiger partial charge on any atom is 0.133 e. The molecule has 16 heavy (non-hydrogen) atoms. The fourth-order valence-corrected chi connectivity index (χ4v) is 1.98. The first-order chi connectivity index (χ1) is 7.63. The van der Waals surface area contributed by atoms with Gasteiger partial charge in [-0.3, -0.25) is 4.79 Å². The molecule has 0 aliphatic rings. The normalized spacial score (nSPS) is 14.4. The maximum absolute atomic E-state index is 11.7. The van der Waals surface area contributed by atoms with Gasteiger partial charge in [0.2, 0.25) is 0 Å². The molecule has 0 heterocycles. The number of carbonyl (C=O) groups excluding carboxylic acids is 2. The van der Waals surface area contributed by atoms with Gasteiger partial charge < -0.3 is 4.79 Å². The van der Waals surface area contributed by atoms with E-state index in [1.54, 1.807) is 0 Å². The average molecular weight is 226 g/mol. The smallest absolute Gasteiger partial charge is 0.133 e. The van der Waals surface area contributed by atoms with E-state index < -0.39 is 0 Å². The highest BCUT2D eigenvalue weighted by Crippen LogP contribution is 2.19. The summed E-state index contributed by atoms with van der Waals surface area (Å²) in [4.78, 5) is 22.1. The average Bonchev–Trinajstić information content (AvgIpc) is 2.24. The van der Waals surface area contributed by atoms with E-state index in [9.17, 15) is 9.59 Å². The lowest BCUT2D eigenvalue weighted by Gasteiger charge is -2.14. The van der Waals surface area contributed by atoms with Crippen LogP contribution < -0.4 is 0 Å². The molecule has 0 aliphatic carbocycles. The monoisotopic (exact) mass is 226 g/mol. The predicted molar refractivity (Wildman–Crippen MR) is 67.4 cm³/mol. The number of hydrogen-bond acceptors (Lipinski definition) is 2. The van der Waals surface area contributed by atoms with Crippen molar-refractivity contribution in [3.05, 3.63) is 0 Å². The molecule has 0 aromatic rings. The van der Waals surface area contributed by atoms with Crippen LogP contribution in [0.4, 0.5) is 0 Å². The summed E-state index contributed by atoms with van der Waals surface area (Å²) in [5.74, 6) is 1.10. The molecule has 0 aliphatic heterocycles. The van der Waals surface area contributed by atoms with Crippen LogP contribution in [0.25, 0.3) is 0 Å². The molecule has 2 heteroatoms. The molecule has 0 saturated heterocycles. The van der Waals surface area contributed by atoms with Crippen LogP contribution >= 0.6 is 0 Å². The molecule has 0 spiro atoms. The zero-order valence-corrected chi connectivity index (χ0v) is 11.0. The molecular formula is C14H26O2. The van der Waals surface area contributed by atoms with Crippen LogP contribution in [0, 0.1) is 11.8 Å². The number of aldehydes is 1. The third-order valence-corrected chi connectivity index (χ3v) is 3.13. The van der Waals surface area contributed by atoms with E-state index in [0.717, 1.165) is 12.7 Å². The Hall–Kier alpha value is -0.660. The maximum atomic E-state index is 11.7. The summed E-state index contributed by atoms with van der Waals surface area (Å²) in [6.07, 6.45) is 7.38. The van der Waals surface area contributed by atoms with Crippen LogP contribution in [0.3, 0.4) is 0 Å². The van der Waals surface area contributed by atoms with Crippen molar-refractivity contribution in [3.8, 4) is 0 Å². The van der Waals surface area contributed by atoms with Crippen molar-refractivity contribution in [2.24, 2.45) is 11.8 Å². The highest BCUT2D eigenvalue weighted by molar-refractivity contribution is 5.79. The number of rotatable bonds is 10. The lowest BCUT2D eigenvalue weighted by Crippen LogP contribution is -2.11. The van der Waals surface area contributed by atoms with Crippen LogP contribution in [0.1, 0.15) is 65.7 Å². The van der Waals surface area contributed by atoms with Crippen LogP contribution in [0.2, 0.25) is 0 Å². The van der Waals surface area contributed by atoms with Gasteiger partial charge in [-0.2, -0.15) is 0 Å². The van der Waals surface area contributed by atoms with Crippen molar-refractivity contribution in [2.75, 3.05) is 0 Å². The summed E-state index contributed by atoms with van der Waals surface area (Å²) < 4.78 is 0. The molecule has 0 saturated carbocycles. The predicted octanol–water partition coefficient (Wildman–Crippen LogP) is 3.78. The van der Waals surface area contributed by atoms with Gasteiger partial charge in [0.1, 0.15) is 12.1 Å². The van der Waals surface area contributed by atoms with Gasteiger partial charge in [0.05, 0.1) is 0 Å². The zero-order chi connectivity index (χ0) is 12.4. The van der Waals surface area contributed by atoms with E-state index in [4.69, 9.17) is 0 Å². The highest BCUT2D eigenvalue weighted by atomic mass is 16.1. The Morgan fingerprint density at radius 3 is 2.44 bits per heavy atom. The summed E-state index contributed by atoms with van der Waals surface area (Å²) in [6.45, 7) is 6.31. The SMILES string of the molecule is CCCCC(CC)CC(=O)CC(C)CC=O. The minimum absolute atomic E-state index is 0.216. The Bertz CT molecular complexity index is 199. The summed E-state index contributed by atoms with van der Waals surface area (Å²) in [5, 5.41) is 0. The molecule has 0 amide bonds. The van der Waals surface area contributed by atoms with E-state index in [2.05, 4.69) is 13.8 Å². The van der Waals surface area contributed by atoms with Crippen molar-refractivity contribution in [1.82, 2.24) is 0 Å². The van der Waals surface area contributed by atoms with Crippen molar-refractivity contribution in [1.29, 1.82) is 0 Å². The Morgan fingerprint density at radius 2 is 1.94 bits per heavy atom. The zero-order valence-electron chi connectivity index (χ0n) is 11.0. The number of ketones is 1. The minimum Gasteiger partial charge on any atom is -0.303 e. The number of hydrogen-bond donors (Lipinski definition) is 0. The lowest BCUT2D eigenvalue weighted by molar-refractivity contribution is -0.121. The molecule has 2 nitrogen and oxygen atoms in total. The van der Waals surface area contributed by atoms with Gasteiger partial charge in [0.25, 0.3) is 0 Å². The Kier molecular flexibility index (Phi) is 9.16. The van der Waals surface area contributed by atoms with Crippen LogP contribution in [-0.2, 0) is 9.59 Å². The van der Waals surface area contributed by atoms with Gasteiger partial charge in [0.15, 0.2) is 0 Å². The van der Waals surface area contributed by atoms with Crippen molar-refractivity contribution < 1.29 is 9.59 Å². The fraction of sp³-hybridized carbons (Fsp3) is 0.857. The van der Waals surface area contributed by atoms with Crippen molar-refractivity contribution in [3.63, 3.8) is 0 Å². The number of unbranched alkanes of at least 4 members (excludes halogenated alkanes) is 1. The molecule has 0 radical (unpaired) electrons. The lowest BCUT2D eigenvalue weighted by atomic mass is 9.90. The highest BCUT2D eigenvalue weighted by Gasteiger charge is 2.14. The second-order valence-electron chi connectivity index (χ2n) is 4.87. The first kappa shape index (κ1) is 15.3. The Morgan fingerprint density at radius 1 is 1.25 bits per heavy atom. The second kappa shape index (κ2) is 9.56. The molecule has 0 rings (SSSR count). The summed E-state index contributed by atoms with van der Waals surface area (Å²) in [7, 11) is 0. The standard InChI is InChI=1S/C14H26O2/c1-4-6-7-13(5-2)11-14(16)10-12(3)8-9-15/h9,12-13H,4-8,10-11H2,1-3H3. The molecule has 0 aromatic carbocycles. The van der Waals surface area contributed by atoms with Gasteiger partial charge in [-0.05, 0) is 11.8 Å². The summed E-state index contributed by atoms with van der Waals surface area (Å²) >= 11 is 0. The van der Waals surface area contributed by atoms with Gasteiger partial charge in [-0.25, -0.2) is 0 Å².